The number of fused-ring (bicyclic) bond motifs is 1. The normalized spacial score (nSPS) is 19.0. The van der Waals surface area contributed by atoms with E-state index in [0.29, 0.717) is 53.3 Å². The molecular formula is C51H56ClF3N8O7. The van der Waals surface area contributed by atoms with Gasteiger partial charge in [-0.05, 0) is 130 Å². The number of aromatic nitrogens is 4. The standard InChI is InChI=1S/C49H55ClN8O5.C2HF3O2/c1-5-62-44-33(27-51)24-35(26-39(44)50)48(2,3)34-7-9-38(10-8-34)63-28-36-16-21-52-46(53-36)57-29-49(30-57)19-14-37(15-20-49)56-22-17-31(18-23-56)32-6-11-40-42(25-32)55(4)47(61)58(40)41-12-13-43(59)54-45(41)60;3-2(4,5)1(6)7/h6-11,16,21,24-26,31,37,41H,5,12-15,17-20,22-23,28-30H2,1-4H3,(H,54,59,60);(H,6,7). The molecule has 1 saturated carbocycles. The lowest BCUT2D eigenvalue weighted by molar-refractivity contribution is -0.192. The van der Waals surface area contributed by atoms with Gasteiger partial charge in [0, 0.05) is 49.6 Å². The van der Waals surface area contributed by atoms with E-state index in [0.717, 1.165) is 78.6 Å². The van der Waals surface area contributed by atoms with Crippen molar-refractivity contribution in [3.8, 4) is 17.6 Å². The monoisotopic (exact) mass is 984 g/mol. The van der Waals surface area contributed by atoms with Crippen LogP contribution in [0.1, 0.15) is 112 Å². The molecule has 3 aromatic carbocycles. The fourth-order valence-corrected chi connectivity index (χ4v) is 10.8. The van der Waals surface area contributed by atoms with Crippen LogP contribution in [-0.2, 0) is 33.5 Å². The Morgan fingerprint density at radius 2 is 1.63 bits per heavy atom. The Morgan fingerprint density at radius 3 is 2.26 bits per heavy atom. The third-order valence-electron chi connectivity index (χ3n) is 14.6. The SMILES string of the molecule is CCOc1c(Cl)cc(C(C)(C)c2ccc(OCc3ccnc(N4CC5(CCC(N6CCC(c7ccc8c(c7)n(C)c(=O)n8C7CCC(=O)NC7=O)CC6)CC5)C4)n3)cc2)cc1C#N.O=C(O)C(F)(F)F. The molecule has 5 heterocycles. The highest BCUT2D eigenvalue weighted by atomic mass is 35.5. The van der Waals surface area contributed by atoms with E-state index in [-0.39, 0.29) is 18.0 Å². The molecule has 3 saturated heterocycles. The minimum absolute atomic E-state index is 0.229. The number of ether oxygens (including phenoxy) is 2. The van der Waals surface area contributed by atoms with Gasteiger partial charge in [0.2, 0.25) is 17.8 Å². The molecule has 4 aliphatic rings. The van der Waals surface area contributed by atoms with E-state index in [1.807, 2.05) is 49.5 Å². The van der Waals surface area contributed by atoms with Crippen molar-refractivity contribution in [1.29, 1.82) is 5.26 Å². The van der Waals surface area contributed by atoms with Gasteiger partial charge in [0.25, 0.3) is 0 Å². The van der Waals surface area contributed by atoms with Gasteiger partial charge in [0.1, 0.15) is 24.5 Å². The number of hydrogen-bond acceptors (Lipinski definition) is 11. The van der Waals surface area contributed by atoms with E-state index < -0.39 is 29.5 Å². The smallest absolute Gasteiger partial charge is 0.490 e. The fraction of sp³-hybridized carbons (Fsp3) is 0.471. The first kappa shape index (κ1) is 50.0. The Labute approximate surface area is 408 Å². The van der Waals surface area contributed by atoms with Gasteiger partial charge in [0.15, 0.2) is 5.75 Å². The number of carbonyl (C=O) groups is 3. The van der Waals surface area contributed by atoms with Crippen LogP contribution in [0.15, 0.2) is 71.7 Å². The number of halogens is 4. The number of rotatable bonds is 11. The number of aliphatic carboxylic acids is 1. The number of hydrogen-bond donors (Lipinski definition) is 2. The lowest BCUT2D eigenvalue weighted by atomic mass is 9.67. The highest BCUT2D eigenvalue weighted by molar-refractivity contribution is 6.32. The van der Waals surface area contributed by atoms with Crippen molar-refractivity contribution in [3.05, 3.63) is 110 Å². The first-order valence-electron chi connectivity index (χ1n) is 23.6. The summed E-state index contributed by atoms with van der Waals surface area (Å²) in [6, 6.07) is 22.1. The van der Waals surface area contributed by atoms with Crippen LogP contribution in [-0.4, -0.2) is 91.9 Å². The Hall–Kier alpha value is -6.45. The minimum atomic E-state index is -5.08. The van der Waals surface area contributed by atoms with Crippen molar-refractivity contribution in [2.45, 2.75) is 108 Å². The Morgan fingerprint density at radius 1 is 0.943 bits per heavy atom. The van der Waals surface area contributed by atoms with Crippen LogP contribution in [0.4, 0.5) is 19.1 Å². The van der Waals surface area contributed by atoms with Crippen LogP contribution in [0.2, 0.25) is 5.02 Å². The average molecular weight is 986 g/mol. The number of amides is 2. The summed E-state index contributed by atoms with van der Waals surface area (Å²) in [6.07, 6.45) is 4.30. The molecule has 2 aromatic heterocycles. The number of carboxylic acids is 1. The zero-order valence-electron chi connectivity index (χ0n) is 39.5. The number of piperidine rings is 2. The highest BCUT2D eigenvalue weighted by Crippen LogP contribution is 2.47. The summed E-state index contributed by atoms with van der Waals surface area (Å²) in [5.41, 5.74) is 5.75. The van der Waals surface area contributed by atoms with Gasteiger partial charge < -0.3 is 24.4 Å². The maximum absolute atomic E-state index is 13.3. The molecular weight excluding hydrogens is 929 g/mol. The summed E-state index contributed by atoms with van der Waals surface area (Å²) in [7, 11) is 1.76. The minimum Gasteiger partial charge on any atom is -0.491 e. The second-order valence-electron chi connectivity index (χ2n) is 19.3. The van der Waals surface area contributed by atoms with E-state index in [4.69, 9.17) is 36.0 Å². The quantitative estimate of drug-likeness (QED) is 0.121. The number of benzene rings is 3. The number of anilines is 1. The molecule has 1 atom stereocenters. The summed E-state index contributed by atoms with van der Waals surface area (Å²) >= 11 is 6.55. The largest absolute Gasteiger partial charge is 0.491 e. The predicted molar refractivity (Wildman–Crippen MR) is 255 cm³/mol. The number of carboxylic acid groups (broad SMARTS) is 1. The Kier molecular flexibility index (Phi) is 14.4. The highest BCUT2D eigenvalue weighted by Gasteiger charge is 2.47. The summed E-state index contributed by atoms with van der Waals surface area (Å²) in [6.45, 7) is 11.0. The molecule has 2 N–H and O–H groups in total. The molecule has 1 spiro atoms. The van der Waals surface area contributed by atoms with E-state index in [1.165, 1.54) is 31.2 Å². The van der Waals surface area contributed by atoms with Gasteiger partial charge in [0.05, 0.1) is 33.9 Å². The number of nitriles is 1. The molecule has 370 valence electrons. The van der Waals surface area contributed by atoms with E-state index >= 15 is 0 Å². The van der Waals surface area contributed by atoms with Crippen molar-refractivity contribution in [1.82, 2.24) is 29.3 Å². The molecule has 19 heteroatoms. The molecule has 4 fully saturated rings. The van der Waals surface area contributed by atoms with Gasteiger partial charge in [-0.15, -0.1) is 0 Å². The van der Waals surface area contributed by atoms with Gasteiger partial charge in [-0.3, -0.25) is 24.0 Å². The van der Waals surface area contributed by atoms with Gasteiger partial charge >= 0.3 is 17.8 Å². The molecule has 3 aliphatic heterocycles. The average Bonchev–Trinajstić information content (AvgIpc) is 3.58. The van der Waals surface area contributed by atoms with Crippen molar-refractivity contribution >= 4 is 46.4 Å². The molecule has 5 aromatic rings. The number of imide groups is 1. The molecule has 15 nitrogen and oxygen atoms in total. The second-order valence-corrected chi connectivity index (χ2v) is 19.7. The first-order chi connectivity index (χ1) is 33.3. The van der Waals surface area contributed by atoms with Crippen LogP contribution in [0.3, 0.4) is 0 Å². The van der Waals surface area contributed by atoms with Crippen molar-refractivity contribution in [2.24, 2.45) is 12.5 Å². The number of nitrogens with one attached hydrogen (secondary N) is 1. The Balaban J connectivity index is 0.000000876. The predicted octanol–water partition coefficient (Wildman–Crippen LogP) is 8.20. The molecule has 1 unspecified atom stereocenters. The number of nitrogens with zero attached hydrogens (tertiary/aromatic N) is 7. The van der Waals surface area contributed by atoms with E-state index in [1.54, 1.807) is 16.2 Å². The van der Waals surface area contributed by atoms with Crippen molar-refractivity contribution < 1.29 is 42.1 Å². The van der Waals surface area contributed by atoms with Crippen molar-refractivity contribution in [3.63, 3.8) is 0 Å². The topological polar surface area (TPSA) is 185 Å². The number of alkyl halides is 3. The Bertz CT molecular complexity index is 2870. The van der Waals surface area contributed by atoms with Gasteiger partial charge in [-0.25, -0.2) is 19.6 Å². The number of imidazole rings is 1. The molecule has 1 aliphatic carbocycles. The molecule has 0 radical (unpaired) electrons. The van der Waals surface area contributed by atoms with Crippen LogP contribution in [0, 0.1) is 16.7 Å². The lowest BCUT2D eigenvalue weighted by Crippen LogP contribution is -2.59. The third-order valence-corrected chi connectivity index (χ3v) is 14.9. The number of aryl methyl sites for hydroxylation is 1. The maximum atomic E-state index is 13.3. The summed E-state index contributed by atoms with van der Waals surface area (Å²) in [4.78, 5) is 61.1. The molecule has 9 rings (SSSR count). The van der Waals surface area contributed by atoms with Gasteiger partial charge in [-0.1, -0.05) is 43.6 Å². The summed E-state index contributed by atoms with van der Waals surface area (Å²) in [5, 5.41) is 19.7. The zero-order valence-corrected chi connectivity index (χ0v) is 40.3. The summed E-state index contributed by atoms with van der Waals surface area (Å²) < 4.78 is 46.7. The fourth-order valence-electron chi connectivity index (χ4n) is 10.5. The van der Waals surface area contributed by atoms with E-state index in [2.05, 4.69) is 64.3 Å². The zero-order chi connectivity index (χ0) is 50.1. The second kappa shape index (κ2) is 20.1. The van der Waals surface area contributed by atoms with Crippen molar-refractivity contribution in [2.75, 3.05) is 37.7 Å². The van der Waals surface area contributed by atoms with Crippen LogP contribution in [0.25, 0.3) is 11.0 Å². The van der Waals surface area contributed by atoms with Gasteiger partial charge in [-0.2, -0.15) is 18.4 Å². The molecule has 70 heavy (non-hydrogen) atoms. The number of likely N-dealkylation sites (tertiary alicyclic amines) is 1. The maximum Gasteiger partial charge on any atom is 0.490 e. The lowest BCUT2D eigenvalue weighted by Gasteiger charge is -2.54. The van der Waals surface area contributed by atoms with Crippen LogP contribution >= 0.6 is 11.6 Å². The summed E-state index contributed by atoms with van der Waals surface area (Å²) in [5.74, 6) is -1.10. The van der Waals surface area contributed by atoms with Crippen LogP contribution < -0.4 is 25.4 Å². The number of carbonyl (C=O) groups excluding carboxylic acids is 2. The molecule has 0 bridgehead atoms. The molecule has 2 amide bonds. The van der Waals surface area contributed by atoms with E-state index in [9.17, 15) is 32.8 Å². The first-order valence-corrected chi connectivity index (χ1v) is 23.9. The third kappa shape index (κ3) is 10.4. The van der Waals surface area contributed by atoms with Crippen LogP contribution in [0.5, 0.6) is 11.5 Å².